The first-order valence-corrected chi connectivity index (χ1v) is 10.4. The number of allylic oxidation sites excluding steroid dienone is 2. The number of nitrogens with zero attached hydrogens (tertiary/aromatic N) is 3. The maximum Gasteiger partial charge on any atom is 0.321 e. The number of benzene rings is 1. The van der Waals surface area contributed by atoms with Gasteiger partial charge in [0.25, 0.3) is 0 Å². The van der Waals surface area contributed by atoms with E-state index in [-0.39, 0.29) is 6.03 Å². The van der Waals surface area contributed by atoms with E-state index in [9.17, 15) is 4.79 Å². The van der Waals surface area contributed by atoms with Crippen LogP contribution in [0, 0.1) is 17.8 Å². The van der Waals surface area contributed by atoms with E-state index in [2.05, 4.69) is 42.9 Å². The van der Waals surface area contributed by atoms with E-state index in [1.807, 2.05) is 41.7 Å². The molecule has 3 unspecified atom stereocenters. The molecule has 1 N–H and O–H groups in total. The Morgan fingerprint density at radius 1 is 1.30 bits per heavy atom. The molecule has 1 aromatic carbocycles. The van der Waals surface area contributed by atoms with Gasteiger partial charge < -0.3 is 14.8 Å². The van der Waals surface area contributed by atoms with Gasteiger partial charge in [0.2, 0.25) is 0 Å². The van der Waals surface area contributed by atoms with E-state index >= 15 is 0 Å². The second-order valence-corrected chi connectivity index (χ2v) is 8.40. The third kappa shape index (κ3) is 4.43. The molecule has 0 aliphatic heterocycles. The molecule has 2 aromatic rings. The highest BCUT2D eigenvalue weighted by Crippen LogP contribution is 2.43. The molecule has 0 radical (unpaired) electrons. The highest BCUT2D eigenvalue weighted by molar-refractivity contribution is 9.10. The summed E-state index contributed by atoms with van der Waals surface area (Å²) in [5.74, 6) is 1.94. The number of carbonyl (C=O) groups excluding carboxylic acids is 1. The summed E-state index contributed by atoms with van der Waals surface area (Å²) in [5, 5.41) is 3.07. The molecule has 1 saturated carbocycles. The first-order valence-electron chi connectivity index (χ1n) is 9.63. The van der Waals surface area contributed by atoms with Crippen LogP contribution in [-0.2, 0) is 6.54 Å². The van der Waals surface area contributed by atoms with Gasteiger partial charge in [0.15, 0.2) is 0 Å². The Balaban J connectivity index is 1.40. The first-order chi connectivity index (χ1) is 13.2. The van der Waals surface area contributed by atoms with E-state index in [1.54, 1.807) is 6.20 Å². The van der Waals surface area contributed by atoms with Gasteiger partial charge in [-0.15, -0.1) is 0 Å². The molecule has 27 heavy (non-hydrogen) atoms. The Morgan fingerprint density at radius 2 is 2.19 bits per heavy atom. The zero-order valence-electron chi connectivity index (χ0n) is 15.3. The molecule has 1 heterocycles. The minimum Gasteiger partial charge on any atom is -0.337 e. The fourth-order valence-electron chi connectivity index (χ4n) is 4.28. The van der Waals surface area contributed by atoms with Crippen molar-refractivity contribution in [3.05, 3.63) is 59.6 Å². The number of anilines is 1. The van der Waals surface area contributed by atoms with Crippen molar-refractivity contribution in [3.8, 4) is 0 Å². The van der Waals surface area contributed by atoms with E-state index in [0.29, 0.717) is 11.8 Å². The van der Waals surface area contributed by atoms with Crippen molar-refractivity contribution in [1.82, 2.24) is 14.5 Å². The van der Waals surface area contributed by atoms with Gasteiger partial charge in [-0.1, -0.05) is 24.3 Å². The fourth-order valence-corrected chi connectivity index (χ4v) is 4.67. The van der Waals surface area contributed by atoms with Crippen LogP contribution in [0.4, 0.5) is 10.5 Å². The molecule has 0 saturated heterocycles. The molecule has 2 aliphatic rings. The number of rotatable bonds is 7. The number of nitrogens with one attached hydrogen (secondary N) is 1. The van der Waals surface area contributed by atoms with E-state index in [1.165, 1.54) is 12.8 Å². The Bertz CT molecular complexity index is 804. The van der Waals surface area contributed by atoms with Crippen molar-refractivity contribution in [2.24, 2.45) is 17.8 Å². The summed E-state index contributed by atoms with van der Waals surface area (Å²) in [5.41, 5.74) is 0.815. The van der Waals surface area contributed by atoms with E-state index in [4.69, 9.17) is 0 Å². The van der Waals surface area contributed by atoms with E-state index < -0.39 is 0 Å². The van der Waals surface area contributed by atoms with Crippen molar-refractivity contribution in [2.75, 3.05) is 18.4 Å². The average Bonchev–Trinajstić information content (AvgIpc) is 3.41. The number of fused-ring (bicyclic) bond motifs is 2. The second kappa shape index (κ2) is 8.30. The zero-order chi connectivity index (χ0) is 18.6. The van der Waals surface area contributed by atoms with Gasteiger partial charge >= 0.3 is 6.03 Å². The predicted octanol–water partition coefficient (Wildman–Crippen LogP) is 4.78. The molecule has 142 valence electrons. The highest BCUT2D eigenvalue weighted by atomic mass is 79.9. The van der Waals surface area contributed by atoms with Crippen LogP contribution >= 0.6 is 15.9 Å². The Morgan fingerprint density at radius 3 is 2.89 bits per heavy atom. The standard InChI is InChI=1S/C21H25BrN4O/c22-19-4-1-2-5-20(19)24-21(27)26(10-3-9-25-11-8-23-15-25)14-18-13-16-6-7-17(18)12-16/h1-2,4-8,11,15-18H,3,9-10,12-14H2,(H,24,27). The van der Waals surface area contributed by atoms with Gasteiger partial charge in [0, 0.05) is 36.5 Å². The Labute approximate surface area is 168 Å². The molecule has 1 aromatic heterocycles. The summed E-state index contributed by atoms with van der Waals surface area (Å²) in [4.78, 5) is 19.1. The summed E-state index contributed by atoms with van der Waals surface area (Å²) < 4.78 is 2.96. The number of imidazole rings is 1. The van der Waals surface area contributed by atoms with Crippen molar-refractivity contribution in [1.29, 1.82) is 0 Å². The van der Waals surface area contributed by atoms with Crippen LogP contribution in [0.2, 0.25) is 0 Å². The number of halogens is 1. The van der Waals surface area contributed by atoms with Crippen LogP contribution in [0.5, 0.6) is 0 Å². The van der Waals surface area contributed by atoms with Crippen LogP contribution < -0.4 is 5.32 Å². The summed E-state index contributed by atoms with van der Waals surface area (Å²) >= 11 is 3.51. The molecule has 4 rings (SSSR count). The van der Waals surface area contributed by atoms with Crippen LogP contribution in [0.3, 0.4) is 0 Å². The van der Waals surface area contributed by atoms with Gasteiger partial charge in [-0.25, -0.2) is 9.78 Å². The number of hydrogen-bond donors (Lipinski definition) is 1. The first kappa shape index (κ1) is 18.3. The van der Waals surface area contributed by atoms with Gasteiger partial charge in [0.1, 0.15) is 0 Å². The summed E-state index contributed by atoms with van der Waals surface area (Å²) in [7, 11) is 0. The van der Waals surface area contributed by atoms with E-state index in [0.717, 1.165) is 42.1 Å². The molecular weight excluding hydrogens is 404 g/mol. The lowest BCUT2D eigenvalue weighted by Gasteiger charge is -2.29. The van der Waals surface area contributed by atoms with Crippen molar-refractivity contribution in [2.45, 2.75) is 25.8 Å². The third-order valence-corrected chi connectivity index (χ3v) is 6.37. The number of urea groups is 1. The lowest BCUT2D eigenvalue weighted by Crippen LogP contribution is -2.40. The number of amides is 2. The minimum atomic E-state index is -0.0146. The molecule has 0 spiro atoms. The minimum absolute atomic E-state index is 0.0146. The number of hydrogen-bond acceptors (Lipinski definition) is 2. The fraction of sp³-hybridized carbons (Fsp3) is 0.429. The molecule has 3 atom stereocenters. The van der Waals surface area contributed by atoms with Crippen molar-refractivity contribution in [3.63, 3.8) is 0 Å². The largest absolute Gasteiger partial charge is 0.337 e. The summed E-state index contributed by atoms with van der Waals surface area (Å²) in [6, 6.07) is 7.74. The monoisotopic (exact) mass is 428 g/mol. The third-order valence-electron chi connectivity index (χ3n) is 5.68. The Hall–Kier alpha value is -2.08. The molecular formula is C21H25BrN4O. The predicted molar refractivity (Wildman–Crippen MR) is 110 cm³/mol. The highest BCUT2D eigenvalue weighted by Gasteiger charge is 2.37. The van der Waals surface area contributed by atoms with Crippen LogP contribution in [-0.4, -0.2) is 33.6 Å². The summed E-state index contributed by atoms with van der Waals surface area (Å²) in [6.07, 6.45) is 13.7. The SMILES string of the molecule is O=C(Nc1ccccc1Br)N(CCCn1ccnc1)CC1CC2C=CC1C2. The van der Waals surface area contributed by atoms with Gasteiger partial charge in [-0.05, 0) is 65.1 Å². The smallest absolute Gasteiger partial charge is 0.321 e. The van der Waals surface area contributed by atoms with Gasteiger partial charge in [-0.2, -0.15) is 0 Å². The maximum atomic E-state index is 13.0. The number of para-hydroxylation sites is 1. The molecule has 5 nitrogen and oxygen atoms in total. The van der Waals surface area contributed by atoms with Crippen molar-refractivity contribution >= 4 is 27.6 Å². The van der Waals surface area contributed by atoms with Crippen LogP contribution in [0.1, 0.15) is 19.3 Å². The molecule has 2 aliphatic carbocycles. The normalized spacial score (nSPS) is 22.9. The number of carbonyl (C=O) groups is 1. The molecule has 1 fully saturated rings. The lowest BCUT2D eigenvalue weighted by atomic mass is 9.93. The second-order valence-electron chi connectivity index (χ2n) is 7.55. The molecule has 2 bridgehead atoms. The van der Waals surface area contributed by atoms with Gasteiger partial charge in [0.05, 0.1) is 12.0 Å². The van der Waals surface area contributed by atoms with Crippen LogP contribution in [0.15, 0.2) is 59.6 Å². The maximum absolute atomic E-state index is 13.0. The quantitative estimate of drug-likeness (QED) is 0.644. The van der Waals surface area contributed by atoms with Crippen molar-refractivity contribution < 1.29 is 4.79 Å². The van der Waals surface area contributed by atoms with Gasteiger partial charge in [-0.3, -0.25) is 0 Å². The number of aromatic nitrogens is 2. The average molecular weight is 429 g/mol. The number of aryl methyl sites for hydroxylation is 1. The molecule has 6 heteroatoms. The lowest BCUT2D eigenvalue weighted by molar-refractivity contribution is 0.193. The zero-order valence-corrected chi connectivity index (χ0v) is 16.9. The summed E-state index contributed by atoms with van der Waals surface area (Å²) in [6.45, 7) is 2.44. The molecule has 2 amide bonds. The van der Waals surface area contributed by atoms with Crippen LogP contribution in [0.25, 0.3) is 0 Å². The Kier molecular flexibility index (Phi) is 5.62. The topological polar surface area (TPSA) is 50.2 Å².